The summed E-state index contributed by atoms with van der Waals surface area (Å²) in [7, 11) is 3.33. The number of carbonyl (C=O) groups excluding carboxylic acids is 1. The van der Waals surface area contributed by atoms with Gasteiger partial charge in [0.25, 0.3) is 0 Å². The molecule has 1 heterocycles. The molecule has 38 heavy (non-hydrogen) atoms. The Morgan fingerprint density at radius 2 is 1.74 bits per heavy atom. The Morgan fingerprint density at radius 1 is 1.03 bits per heavy atom. The van der Waals surface area contributed by atoms with Crippen LogP contribution in [0, 0.1) is 0 Å². The van der Waals surface area contributed by atoms with Crippen molar-refractivity contribution in [2.24, 2.45) is 4.99 Å². The second kappa shape index (κ2) is 15.0. The summed E-state index contributed by atoms with van der Waals surface area (Å²) < 4.78 is 5.78. The van der Waals surface area contributed by atoms with Gasteiger partial charge in [0.05, 0.1) is 7.11 Å². The van der Waals surface area contributed by atoms with E-state index in [9.17, 15) is 9.59 Å². The number of hydrogen-bond donors (Lipinski definition) is 1. The van der Waals surface area contributed by atoms with E-state index in [0.717, 1.165) is 47.4 Å². The van der Waals surface area contributed by atoms with Gasteiger partial charge < -0.3 is 4.74 Å². The summed E-state index contributed by atoms with van der Waals surface area (Å²) in [4.78, 5) is 32.1. The van der Waals surface area contributed by atoms with Crippen molar-refractivity contribution in [1.29, 1.82) is 0 Å². The number of hydrogen-bond acceptors (Lipinski definition) is 5. The third kappa shape index (κ3) is 9.22. The molecule has 3 rings (SSSR count). The molecule has 6 nitrogen and oxygen atoms in total. The summed E-state index contributed by atoms with van der Waals surface area (Å²) in [5.74, 6) is -0.182. The zero-order chi connectivity index (χ0) is 27.5. The Morgan fingerprint density at radius 3 is 2.32 bits per heavy atom. The van der Waals surface area contributed by atoms with Crippen LogP contribution in [0.15, 0.2) is 71.9 Å². The molecule has 0 saturated heterocycles. The van der Waals surface area contributed by atoms with Crippen LogP contribution in [0.25, 0.3) is 5.57 Å². The summed E-state index contributed by atoms with van der Waals surface area (Å²) in [5, 5.41) is 9.85. The predicted octanol–water partition coefficient (Wildman–Crippen LogP) is 3.63. The van der Waals surface area contributed by atoms with Gasteiger partial charge in [-0.15, -0.1) is 0 Å². The number of methoxy groups -OCH3 is 1. The second-order valence-electron chi connectivity index (χ2n) is 8.31. The average molecular weight is 666 g/mol. The molecular formula is C29H28Cl2IN2O4-. The van der Waals surface area contributed by atoms with Crippen LogP contribution in [0.1, 0.15) is 46.4 Å². The average Bonchev–Trinajstić information content (AvgIpc) is 2.90. The number of aliphatic imine (C=N–C) groups is 1. The van der Waals surface area contributed by atoms with Crippen molar-refractivity contribution in [1.82, 2.24) is 4.98 Å². The van der Waals surface area contributed by atoms with Crippen LogP contribution in [-0.2, 0) is 11.2 Å². The minimum absolute atomic E-state index is 0.0464. The van der Waals surface area contributed by atoms with Gasteiger partial charge in [0.2, 0.25) is 0 Å². The number of ether oxygens (including phenoxy) is 1. The minimum atomic E-state index is -0.861. The number of benzene rings is 2. The molecule has 1 N–H and O–H groups in total. The van der Waals surface area contributed by atoms with Crippen molar-refractivity contribution in [3.05, 3.63) is 99.3 Å². The summed E-state index contributed by atoms with van der Waals surface area (Å²) >= 11 is 11.6. The number of aromatic nitrogens is 1. The molecule has 200 valence electrons. The standard InChI is InChI=1S/C29H28Cl2IN2O4/c1-33-27(22-14-23(30)17-24(31)15-22)16-21(26-11-10-25(38-2)18-34-26)5-3-4-19-6-8-20(9-7-19)29(37)32-13-12-28(35)36/h6-11,14-18H,3-5,12-13H2,1-2H3,(H,35,36)/q-1/b21-16+,33-27?. The number of aryl methyl sites for hydroxylation is 1. The molecule has 0 aliphatic carbocycles. The van der Waals surface area contributed by atoms with E-state index in [1.165, 1.54) is 0 Å². The maximum absolute atomic E-state index is 12.3. The summed E-state index contributed by atoms with van der Waals surface area (Å²) in [6.07, 6.45) is 6.17. The molecule has 0 aliphatic heterocycles. The Hall–Kier alpha value is -2.75. The van der Waals surface area contributed by atoms with Crippen molar-refractivity contribution < 1.29 is 40.6 Å². The zero-order valence-corrected chi connectivity index (χ0v) is 24.8. The predicted molar refractivity (Wildman–Crippen MR) is 149 cm³/mol. The van der Waals surface area contributed by atoms with E-state index in [0.29, 0.717) is 25.8 Å². The van der Waals surface area contributed by atoms with E-state index in [1.807, 2.05) is 54.6 Å². The van der Waals surface area contributed by atoms with Gasteiger partial charge in [0.15, 0.2) is 0 Å². The van der Waals surface area contributed by atoms with E-state index in [1.54, 1.807) is 26.4 Å². The second-order valence-corrected chi connectivity index (χ2v) is 12.0. The van der Waals surface area contributed by atoms with E-state index in [-0.39, 0.29) is 10.2 Å². The molecule has 3 aromatic rings. The van der Waals surface area contributed by atoms with Gasteiger partial charge in [-0.2, -0.15) is 0 Å². The van der Waals surface area contributed by atoms with Crippen molar-refractivity contribution in [2.75, 3.05) is 18.6 Å². The molecule has 0 amide bonds. The zero-order valence-electron chi connectivity index (χ0n) is 21.1. The normalized spacial score (nSPS) is 12.0. The topological polar surface area (TPSA) is 88.9 Å². The van der Waals surface area contributed by atoms with Crippen molar-refractivity contribution in [3.63, 3.8) is 0 Å². The molecule has 9 heteroatoms. The van der Waals surface area contributed by atoms with Gasteiger partial charge in [0.1, 0.15) is 5.75 Å². The Kier molecular flexibility index (Phi) is 11.8. The van der Waals surface area contributed by atoms with Crippen molar-refractivity contribution >= 4 is 44.2 Å². The molecule has 0 fully saturated rings. The number of rotatable bonds is 13. The van der Waals surface area contributed by atoms with Crippen LogP contribution in [0.3, 0.4) is 0 Å². The molecule has 0 unspecified atom stereocenters. The van der Waals surface area contributed by atoms with Crippen LogP contribution < -0.4 is 25.9 Å². The SMILES string of the molecule is CN=C(/C=C(\CCCc1ccc(C(=O)[I-]CCC(=O)O)cc1)c1ccc(OC)cn1)c1cc(Cl)cc(Cl)c1. The Labute approximate surface area is 243 Å². The summed E-state index contributed by atoms with van der Waals surface area (Å²) in [6, 6.07) is 16.8. The number of nitrogens with zero attached hydrogens (tertiary/aromatic N) is 2. The quantitative estimate of drug-likeness (QED) is 0.130. The van der Waals surface area contributed by atoms with Crippen LogP contribution in [-0.4, -0.2) is 44.1 Å². The molecular weight excluding hydrogens is 638 g/mol. The molecule has 0 radical (unpaired) electrons. The first-order chi connectivity index (χ1) is 18.3. The first-order valence-electron chi connectivity index (χ1n) is 11.9. The fourth-order valence-corrected chi connectivity index (χ4v) is 6.23. The molecule has 2 aromatic carbocycles. The fraction of sp³-hybridized carbons (Fsp3) is 0.241. The number of aliphatic carboxylic acids is 1. The molecule has 0 saturated carbocycles. The fourth-order valence-electron chi connectivity index (χ4n) is 3.69. The Balaban J connectivity index is 1.74. The van der Waals surface area contributed by atoms with Gasteiger partial charge in [-0.3, -0.25) is 0 Å². The van der Waals surface area contributed by atoms with Crippen LogP contribution in [0.2, 0.25) is 10.0 Å². The number of alkyl halides is 1. The van der Waals surface area contributed by atoms with Crippen LogP contribution >= 0.6 is 23.2 Å². The van der Waals surface area contributed by atoms with Gasteiger partial charge in [-0.25, -0.2) is 0 Å². The van der Waals surface area contributed by atoms with Crippen molar-refractivity contribution in [3.8, 4) is 5.75 Å². The van der Waals surface area contributed by atoms with E-state index in [2.05, 4.69) is 9.98 Å². The first-order valence-corrected chi connectivity index (χ1v) is 15.2. The first kappa shape index (κ1) is 29.8. The molecule has 1 aromatic heterocycles. The van der Waals surface area contributed by atoms with Gasteiger partial charge in [-0.1, -0.05) is 23.2 Å². The number of allylic oxidation sites excluding steroid dienone is 2. The molecule has 0 aliphatic rings. The van der Waals surface area contributed by atoms with Gasteiger partial charge in [-0.05, 0) is 18.2 Å². The smallest absolute Gasteiger partial charge is 0.0843 e. The number of carboxylic acid groups (broad SMARTS) is 1. The number of halogens is 3. The third-order valence-corrected chi connectivity index (χ3v) is 8.46. The maximum atomic E-state index is 12.3. The number of carbonyl (C=O) groups is 2. The molecule has 0 atom stereocenters. The van der Waals surface area contributed by atoms with Gasteiger partial charge in [0, 0.05) is 17.1 Å². The van der Waals surface area contributed by atoms with Gasteiger partial charge >= 0.3 is 168 Å². The number of carboxylic acids is 1. The monoisotopic (exact) mass is 665 g/mol. The Bertz CT molecular complexity index is 1300. The molecule has 0 spiro atoms. The van der Waals surface area contributed by atoms with Crippen molar-refractivity contribution in [2.45, 2.75) is 25.7 Å². The van der Waals surface area contributed by atoms with Crippen LogP contribution in [0.4, 0.5) is 0 Å². The minimum Gasteiger partial charge on any atom is -0.0843 e. The third-order valence-electron chi connectivity index (χ3n) is 5.63. The van der Waals surface area contributed by atoms with Crippen LogP contribution in [0.5, 0.6) is 5.75 Å². The number of pyridine rings is 1. The van der Waals surface area contributed by atoms with E-state index < -0.39 is 27.2 Å². The molecule has 0 bridgehead atoms. The van der Waals surface area contributed by atoms with E-state index in [4.69, 9.17) is 33.0 Å². The van der Waals surface area contributed by atoms with E-state index >= 15 is 0 Å². The summed E-state index contributed by atoms with van der Waals surface area (Å²) in [6.45, 7) is 0. The summed E-state index contributed by atoms with van der Waals surface area (Å²) in [5.41, 5.74) is 5.18.